The van der Waals surface area contributed by atoms with Crippen molar-refractivity contribution in [1.82, 2.24) is 15.3 Å². The van der Waals surface area contributed by atoms with Gasteiger partial charge in [-0.1, -0.05) is 42.8 Å². The molecule has 1 aromatic heterocycles. The Morgan fingerprint density at radius 2 is 1.52 bits per heavy atom. The summed E-state index contributed by atoms with van der Waals surface area (Å²) in [5.41, 5.74) is 13.8. The van der Waals surface area contributed by atoms with Crippen LogP contribution < -0.4 is 26.3 Å². The maximum Gasteiger partial charge on any atom is 0.273 e. The van der Waals surface area contributed by atoms with E-state index in [9.17, 15) is 9.90 Å². The van der Waals surface area contributed by atoms with Crippen LogP contribution in [-0.4, -0.2) is 78.5 Å². The molecule has 2 aromatic carbocycles. The van der Waals surface area contributed by atoms with E-state index in [1.165, 1.54) is 11.1 Å². The van der Waals surface area contributed by atoms with Crippen molar-refractivity contribution in [2.45, 2.75) is 45.1 Å². The van der Waals surface area contributed by atoms with Gasteiger partial charge < -0.3 is 35.8 Å². The van der Waals surface area contributed by atoms with E-state index < -0.39 is 12.0 Å². The minimum absolute atomic E-state index is 0.00318. The molecule has 0 unspecified atom stereocenters. The fourth-order valence-electron chi connectivity index (χ4n) is 4.27. The first kappa shape index (κ1) is 32.9. The molecule has 1 heterocycles. The number of hydrogen-bond donors (Lipinski definition) is 4. The highest BCUT2D eigenvalue weighted by molar-refractivity contribution is 6.31. The van der Waals surface area contributed by atoms with Crippen molar-refractivity contribution in [2.24, 2.45) is 0 Å². The van der Waals surface area contributed by atoms with E-state index in [0.29, 0.717) is 26.2 Å². The van der Waals surface area contributed by atoms with Crippen molar-refractivity contribution in [2.75, 3.05) is 58.4 Å². The zero-order valence-electron chi connectivity index (χ0n) is 24.8. The van der Waals surface area contributed by atoms with E-state index in [-0.39, 0.29) is 22.5 Å². The minimum Gasteiger partial charge on any atom is -0.494 e. The number of nitrogens with zero attached hydrogens (tertiary/aromatic N) is 3. The lowest BCUT2D eigenvalue weighted by Gasteiger charge is -2.30. The van der Waals surface area contributed by atoms with Gasteiger partial charge in [-0.25, -0.2) is 9.97 Å². The number of likely N-dealkylation sites (N-methyl/N-ethyl adjacent to an activating group) is 1. The van der Waals surface area contributed by atoms with Crippen LogP contribution in [0.25, 0.3) is 0 Å². The quantitative estimate of drug-likeness (QED) is 0.135. The van der Waals surface area contributed by atoms with E-state index in [2.05, 4.69) is 53.6 Å². The monoisotopic (exact) mass is 599 g/mol. The van der Waals surface area contributed by atoms with Crippen LogP contribution in [0.2, 0.25) is 5.15 Å². The molecule has 0 saturated heterocycles. The number of nitrogens with two attached hydrogens (primary N) is 2. The van der Waals surface area contributed by atoms with Gasteiger partial charge in [0.15, 0.2) is 22.5 Å². The summed E-state index contributed by atoms with van der Waals surface area (Å²) in [5, 5.41) is 12.4. The van der Waals surface area contributed by atoms with Crippen molar-refractivity contribution in [3.05, 3.63) is 70.5 Å². The zero-order valence-corrected chi connectivity index (χ0v) is 25.6. The van der Waals surface area contributed by atoms with Gasteiger partial charge in [-0.15, -0.1) is 0 Å². The van der Waals surface area contributed by atoms with Gasteiger partial charge in [0, 0.05) is 6.42 Å². The fourth-order valence-corrected chi connectivity index (χ4v) is 4.40. The molecule has 0 aliphatic carbocycles. The maximum absolute atomic E-state index is 12.4. The molecule has 228 valence electrons. The Kier molecular flexibility index (Phi) is 12.7. The SMILES string of the molecule is CC[C@H](O)COc1ccc(CCCOc2ccc(CCC[N+](C)(C)CCNC(=O)c3nc(Cl)c(N)nc3N)cc2)cc1. The molecule has 1 amide bonds. The Morgan fingerprint density at radius 3 is 2.14 bits per heavy atom. The Bertz CT molecular complexity index is 1270. The molecule has 3 aromatic rings. The first-order valence-corrected chi connectivity index (χ1v) is 14.7. The molecule has 0 aliphatic heterocycles. The van der Waals surface area contributed by atoms with Crippen LogP contribution in [0.1, 0.15) is 47.8 Å². The van der Waals surface area contributed by atoms with Crippen molar-refractivity contribution in [1.29, 1.82) is 0 Å². The molecule has 0 fully saturated rings. The number of ether oxygens (including phenoxy) is 2. The first-order chi connectivity index (χ1) is 20.1. The number of carbonyl (C=O) groups is 1. The molecule has 42 heavy (non-hydrogen) atoms. The molecule has 11 heteroatoms. The number of hydrogen-bond acceptors (Lipinski definition) is 8. The third-order valence-electron chi connectivity index (χ3n) is 6.99. The molecular weight excluding hydrogens is 556 g/mol. The smallest absolute Gasteiger partial charge is 0.273 e. The largest absolute Gasteiger partial charge is 0.494 e. The van der Waals surface area contributed by atoms with Crippen LogP contribution in [-0.2, 0) is 12.8 Å². The molecule has 0 saturated carbocycles. The van der Waals surface area contributed by atoms with Crippen molar-refractivity contribution < 1.29 is 23.9 Å². The van der Waals surface area contributed by atoms with Gasteiger partial charge >= 0.3 is 0 Å². The predicted octanol–water partition coefficient (Wildman–Crippen LogP) is 3.89. The summed E-state index contributed by atoms with van der Waals surface area (Å²) in [4.78, 5) is 20.2. The normalized spacial score (nSPS) is 12.1. The summed E-state index contributed by atoms with van der Waals surface area (Å²) in [7, 11) is 4.27. The van der Waals surface area contributed by atoms with Crippen molar-refractivity contribution >= 4 is 29.1 Å². The number of aliphatic hydroxyl groups excluding tert-OH is 1. The lowest BCUT2D eigenvalue weighted by Crippen LogP contribution is -2.46. The molecule has 6 N–H and O–H groups in total. The Morgan fingerprint density at radius 1 is 0.929 bits per heavy atom. The van der Waals surface area contributed by atoms with Gasteiger partial charge in [-0.2, -0.15) is 0 Å². The van der Waals surface area contributed by atoms with Gasteiger partial charge in [0.05, 0.1) is 46.4 Å². The number of aryl methyl sites for hydroxylation is 2. The summed E-state index contributed by atoms with van der Waals surface area (Å²) in [6.07, 6.45) is 4.06. The Balaban J connectivity index is 1.30. The lowest BCUT2D eigenvalue weighted by molar-refractivity contribution is -0.889. The molecule has 0 bridgehead atoms. The van der Waals surface area contributed by atoms with Crippen molar-refractivity contribution in [3.8, 4) is 11.5 Å². The summed E-state index contributed by atoms with van der Waals surface area (Å²) >= 11 is 5.87. The number of aromatic nitrogens is 2. The lowest BCUT2D eigenvalue weighted by atomic mass is 10.1. The summed E-state index contributed by atoms with van der Waals surface area (Å²) < 4.78 is 12.3. The van der Waals surface area contributed by atoms with Gasteiger partial charge in [-0.05, 0) is 61.1 Å². The molecule has 3 rings (SSSR count). The standard InChI is InChI=1S/C31H43ClN6O4/c1-4-24(39)21-42-26-15-11-23(12-16-26)8-6-20-41-25-13-9-22(10-14-25)7-5-18-38(2,3)19-17-35-31(40)27-29(33)37-30(34)28(32)36-27/h9-16,24,39H,4-8,17-21H2,1-3H3,(H4-,33,34,35,37,40)/p+1/t24-/m0/s1. The minimum atomic E-state index is -0.430. The Hall–Kier alpha value is -3.60. The number of anilines is 2. The van der Waals surface area contributed by atoms with Crippen LogP contribution >= 0.6 is 11.6 Å². The number of rotatable bonds is 17. The number of carbonyl (C=O) groups excluding carboxylic acids is 1. The first-order valence-electron chi connectivity index (χ1n) is 14.4. The number of nitrogens with one attached hydrogen (secondary N) is 1. The van der Waals surface area contributed by atoms with E-state index in [0.717, 1.165) is 54.8 Å². The second kappa shape index (κ2) is 16.1. The number of amides is 1. The number of aliphatic hydroxyl groups is 1. The predicted molar refractivity (Wildman–Crippen MR) is 167 cm³/mol. The number of quaternary nitrogens is 1. The second-order valence-electron chi connectivity index (χ2n) is 11.0. The molecular formula is C31H44ClN6O4+. The molecule has 0 radical (unpaired) electrons. The number of halogens is 1. The van der Waals surface area contributed by atoms with Crippen LogP contribution in [0, 0.1) is 0 Å². The second-order valence-corrected chi connectivity index (χ2v) is 11.3. The van der Waals surface area contributed by atoms with E-state index >= 15 is 0 Å². The van der Waals surface area contributed by atoms with Crippen LogP contribution in [0.4, 0.5) is 11.6 Å². The maximum atomic E-state index is 12.4. The summed E-state index contributed by atoms with van der Waals surface area (Å²) in [6.45, 7) is 5.06. The zero-order chi connectivity index (χ0) is 30.5. The van der Waals surface area contributed by atoms with Gasteiger partial charge in [0.1, 0.15) is 18.1 Å². The molecule has 0 aliphatic rings. The van der Waals surface area contributed by atoms with Crippen LogP contribution in [0.5, 0.6) is 11.5 Å². The number of benzene rings is 2. The molecule has 0 spiro atoms. The summed E-state index contributed by atoms with van der Waals surface area (Å²) in [6, 6.07) is 16.3. The highest BCUT2D eigenvalue weighted by Crippen LogP contribution is 2.18. The highest BCUT2D eigenvalue weighted by atomic mass is 35.5. The third-order valence-corrected chi connectivity index (χ3v) is 7.27. The van der Waals surface area contributed by atoms with E-state index in [4.69, 9.17) is 32.5 Å². The van der Waals surface area contributed by atoms with E-state index in [1.807, 2.05) is 31.2 Å². The Labute approximate surface area is 253 Å². The third kappa shape index (κ3) is 11.0. The fraction of sp³-hybridized carbons (Fsp3) is 0.452. The summed E-state index contributed by atoms with van der Waals surface area (Å²) in [5.74, 6) is 1.18. The van der Waals surface area contributed by atoms with Crippen molar-refractivity contribution in [3.63, 3.8) is 0 Å². The average molecular weight is 600 g/mol. The van der Waals surface area contributed by atoms with Crippen LogP contribution in [0.15, 0.2) is 48.5 Å². The van der Waals surface area contributed by atoms with E-state index in [1.54, 1.807) is 0 Å². The van der Waals surface area contributed by atoms with Crippen LogP contribution in [0.3, 0.4) is 0 Å². The highest BCUT2D eigenvalue weighted by Gasteiger charge is 2.18. The molecule has 10 nitrogen and oxygen atoms in total. The number of nitrogen functional groups attached to an aromatic ring is 2. The van der Waals surface area contributed by atoms with Gasteiger partial charge in [-0.3, -0.25) is 4.79 Å². The van der Waals surface area contributed by atoms with Gasteiger partial charge in [0.25, 0.3) is 5.91 Å². The topological polar surface area (TPSA) is 146 Å². The molecule has 1 atom stereocenters. The average Bonchev–Trinajstić information content (AvgIpc) is 2.97. The van der Waals surface area contributed by atoms with Gasteiger partial charge in [0.2, 0.25) is 0 Å².